The van der Waals surface area contributed by atoms with Gasteiger partial charge in [0, 0.05) is 23.0 Å². The first-order valence-corrected chi connectivity index (χ1v) is 5.94. The molecule has 0 spiro atoms. The molecule has 7 nitrogen and oxygen atoms in total. The molecule has 0 saturated heterocycles. The van der Waals surface area contributed by atoms with E-state index in [0.29, 0.717) is 22.4 Å². The molecule has 0 fully saturated rings. The predicted molar refractivity (Wildman–Crippen MR) is 67.9 cm³/mol. The maximum Gasteiger partial charge on any atom is 0.348 e. The number of H-pyrrole nitrogens is 1. The van der Waals surface area contributed by atoms with Crippen molar-refractivity contribution in [3.8, 4) is 5.69 Å². The molecule has 0 radical (unpaired) electrons. The molecule has 94 valence electrons. The fraction of sp³-hybridized carbons (Fsp3) is 0.200. The molecule has 0 aliphatic carbocycles. The van der Waals surface area contributed by atoms with E-state index in [4.69, 9.17) is 0 Å². The first-order chi connectivity index (χ1) is 8.52. The number of nitro benzene ring substituents is 1. The topological polar surface area (TPSA) is 93.8 Å². The summed E-state index contributed by atoms with van der Waals surface area (Å²) in [5, 5.41) is 14.8. The number of nitro groups is 1. The van der Waals surface area contributed by atoms with Gasteiger partial charge >= 0.3 is 5.69 Å². The summed E-state index contributed by atoms with van der Waals surface area (Å²) >= 11 is 3.25. The molecule has 0 saturated carbocycles. The largest absolute Gasteiger partial charge is 0.348 e. The first kappa shape index (κ1) is 12.5. The first-order valence-electron chi connectivity index (χ1n) is 5.15. The molecule has 1 N–H and O–H groups in total. The molecular weight excluding hydrogens is 304 g/mol. The van der Waals surface area contributed by atoms with Gasteiger partial charge in [-0.3, -0.25) is 15.1 Å². The molecule has 0 aliphatic rings. The number of aromatic amines is 1. The van der Waals surface area contributed by atoms with Gasteiger partial charge in [0.05, 0.1) is 10.6 Å². The third kappa shape index (κ3) is 2.19. The second kappa shape index (κ2) is 4.73. The Bertz CT molecular complexity index is 661. The van der Waals surface area contributed by atoms with Crippen molar-refractivity contribution < 1.29 is 4.92 Å². The number of nitrogens with zero attached hydrogens (tertiary/aromatic N) is 3. The Morgan fingerprint density at radius 1 is 1.56 bits per heavy atom. The summed E-state index contributed by atoms with van der Waals surface area (Å²) in [6.45, 7) is 1.85. The molecule has 2 rings (SSSR count). The summed E-state index contributed by atoms with van der Waals surface area (Å²) < 4.78 is 1.67. The number of nitrogens with one attached hydrogen (secondary N) is 1. The molecule has 1 aromatic heterocycles. The van der Waals surface area contributed by atoms with Crippen LogP contribution in [0.3, 0.4) is 0 Å². The van der Waals surface area contributed by atoms with Gasteiger partial charge in [-0.25, -0.2) is 4.79 Å². The van der Waals surface area contributed by atoms with Crippen LogP contribution in [0.4, 0.5) is 5.69 Å². The predicted octanol–water partition coefficient (Wildman–Crippen LogP) is 1.79. The number of rotatable bonds is 3. The zero-order valence-electron chi connectivity index (χ0n) is 9.38. The Hall–Kier alpha value is -1.96. The van der Waals surface area contributed by atoms with Crippen molar-refractivity contribution in [1.82, 2.24) is 14.8 Å². The molecule has 2 aromatic rings. The van der Waals surface area contributed by atoms with Crippen LogP contribution in [0.2, 0.25) is 0 Å². The molecule has 18 heavy (non-hydrogen) atoms. The Kier molecular flexibility index (Phi) is 3.28. The summed E-state index contributed by atoms with van der Waals surface area (Å²) in [7, 11) is 0. The Morgan fingerprint density at radius 3 is 2.83 bits per heavy atom. The number of aromatic nitrogens is 3. The lowest BCUT2D eigenvalue weighted by Crippen LogP contribution is -2.16. The van der Waals surface area contributed by atoms with Gasteiger partial charge in [0.2, 0.25) is 0 Å². The summed E-state index contributed by atoms with van der Waals surface area (Å²) in [6.07, 6.45) is 0.578. The molecule has 8 heteroatoms. The highest BCUT2D eigenvalue weighted by atomic mass is 79.9. The fourth-order valence-electron chi connectivity index (χ4n) is 1.47. The van der Waals surface area contributed by atoms with E-state index in [-0.39, 0.29) is 5.69 Å². The van der Waals surface area contributed by atoms with Crippen molar-refractivity contribution in [1.29, 1.82) is 0 Å². The fourth-order valence-corrected chi connectivity index (χ4v) is 1.88. The van der Waals surface area contributed by atoms with E-state index >= 15 is 0 Å². The highest BCUT2D eigenvalue weighted by molar-refractivity contribution is 9.10. The third-order valence-electron chi connectivity index (χ3n) is 2.37. The number of aryl methyl sites for hydroxylation is 1. The molecule has 0 atom stereocenters. The minimum atomic E-state index is -0.519. The minimum Gasteiger partial charge on any atom is -0.292 e. The van der Waals surface area contributed by atoms with Gasteiger partial charge in [-0.1, -0.05) is 6.92 Å². The van der Waals surface area contributed by atoms with E-state index in [2.05, 4.69) is 26.0 Å². The van der Waals surface area contributed by atoms with E-state index in [9.17, 15) is 14.9 Å². The van der Waals surface area contributed by atoms with E-state index in [0.717, 1.165) is 4.68 Å². The molecule has 0 aliphatic heterocycles. The van der Waals surface area contributed by atoms with Gasteiger partial charge in [0.25, 0.3) is 5.69 Å². The van der Waals surface area contributed by atoms with Gasteiger partial charge in [-0.05, 0) is 22.0 Å². The maximum absolute atomic E-state index is 11.7. The molecule has 0 bridgehead atoms. The maximum atomic E-state index is 11.7. The van der Waals surface area contributed by atoms with Crippen molar-refractivity contribution in [3.63, 3.8) is 0 Å². The second-order valence-electron chi connectivity index (χ2n) is 3.54. The average Bonchev–Trinajstić information content (AvgIpc) is 2.71. The second-order valence-corrected chi connectivity index (χ2v) is 4.39. The molecule has 1 aromatic carbocycles. The normalized spacial score (nSPS) is 10.6. The Morgan fingerprint density at radius 2 is 2.28 bits per heavy atom. The van der Waals surface area contributed by atoms with E-state index in [1.165, 1.54) is 18.2 Å². The zero-order valence-corrected chi connectivity index (χ0v) is 11.0. The van der Waals surface area contributed by atoms with E-state index in [1.54, 1.807) is 0 Å². The average molecular weight is 313 g/mol. The van der Waals surface area contributed by atoms with Gasteiger partial charge in [-0.15, -0.1) is 0 Å². The molecular formula is C10H9BrN4O3. The molecule has 0 amide bonds. The van der Waals surface area contributed by atoms with Crippen molar-refractivity contribution in [2.75, 3.05) is 0 Å². The standard InChI is InChI=1S/C10H9BrN4O3/c1-2-9-12-10(16)14(13-9)8-5-6(15(17)18)3-4-7(8)11/h3-5H,2H2,1H3,(H,12,13,16). The Labute approximate surface area is 110 Å². The van der Waals surface area contributed by atoms with Crippen molar-refractivity contribution in [2.45, 2.75) is 13.3 Å². The van der Waals surface area contributed by atoms with E-state index < -0.39 is 10.6 Å². The molecule has 1 heterocycles. The summed E-state index contributed by atoms with van der Waals surface area (Å²) in [5.74, 6) is 0.526. The van der Waals surface area contributed by atoms with Crippen LogP contribution >= 0.6 is 15.9 Å². The lowest BCUT2D eigenvalue weighted by atomic mass is 10.3. The minimum absolute atomic E-state index is 0.0962. The van der Waals surface area contributed by atoms with Gasteiger partial charge in [0.15, 0.2) is 0 Å². The van der Waals surface area contributed by atoms with Crippen LogP contribution in [0.1, 0.15) is 12.7 Å². The number of benzene rings is 1. The van der Waals surface area contributed by atoms with Crippen LogP contribution in [0.25, 0.3) is 5.69 Å². The number of hydrogen-bond donors (Lipinski definition) is 1. The number of non-ortho nitro benzene ring substituents is 1. The quantitative estimate of drug-likeness (QED) is 0.690. The highest BCUT2D eigenvalue weighted by Crippen LogP contribution is 2.24. The van der Waals surface area contributed by atoms with Crippen LogP contribution in [0, 0.1) is 10.1 Å². The van der Waals surface area contributed by atoms with Gasteiger partial charge < -0.3 is 0 Å². The van der Waals surface area contributed by atoms with Crippen molar-refractivity contribution in [3.05, 3.63) is 49.1 Å². The lowest BCUT2D eigenvalue weighted by molar-refractivity contribution is -0.384. The van der Waals surface area contributed by atoms with Crippen LogP contribution in [0.15, 0.2) is 27.5 Å². The number of hydrogen-bond acceptors (Lipinski definition) is 4. The summed E-state index contributed by atoms with van der Waals surface area (Å²) in [4.78, 5) is 24.5. The highest BCUT2D eigenvalue weighted by Gasteiger charge is 2.14. The monoisotopic (exact) mass is 312 g/mol. The molecule has 0 unspecified atom stereocenters. The van der Waals surface area contributed by atoms with Gasteiger partial charge in [0.1, 0.15) is 5.82 Å². The smallest absolute Gasteiger partial charge is 0.292 e. The van der Waals surface area contributed by atoms with Crippen molar-refractivity contribution in [2.24, 2.45) is 0 Å². The SMILES string of the molecule is CCc1nn(-c2cc([N+](=O)[O-])ccc2Br)c(=O)[nH]1. The van der Waals surface area contributed by atoms with Crippen LogP contribution in [-0.2, 0) is 6.42 Å². The lowest BCUT2D eigenvalue weighted by Gasteiger charge is -2.02. The van der Waals surface area contributed by atoms with Gasteiger partial charge in [-0.2, -0.15) is 9.78 Å². The van der Waals surface area contributed by atoms with Crippen molar-refractivity contribution >= 4 is 21.6 Å². The van der Waals surface area contributed by atoms with Crippen LogP contribution < -0.4 is 5.69 Å². The summed E-state index contributed by atoms with van der Waals surface area (Å²) in [5.41, 5.74) is -0.181. The zero-order chi connectivity index (χ0) is 13.3. The summed E-state index contributed by atoms with van der Waals surface area (Å²) in [6, 6.07) is 4.16. The third-order valence-corrected chi connectivity index (χ3v) is 3.04. The Balaban J connectivity index is 2.62. The van der Waals surface area contributed by atoms with Crippen LogP contribution in [0.5, 0.6) is 0 Å². The van der Waals surface area contributed by atoms with E-state index in [1.807, 2.05) is 6.92 Å². The number of halogens is 1. The van der Waals surface area contributed by atoms with Crippen LogP contribution in [-0.4, -0.2) is 19.7 Å².